The van der Waals surface area contributed by atoms with E-state index in [1.807, 2.05) is 23.2 Å². The fourth-order valence-corrected chi connectivity index (χ4v) is 4.18. The van der Waals surface area contributed by atoms with E-state index < -0.39 is 0 Å². The lowest BCUT2D eigenvalue weighted by Gasteiger charge is -2.16. The zero-order valence-corrected chi connectivity index (χ0v) is 14.7. The van der Waals surface area contributed by atoms with Crippen LogP contribution in [0.2, 0.25) is 0 Å². The average molecular weight is 338 g/mol. The first kappa shape index (κ1) is 15.4. The number of aryl methyl sites for hydroxylation is 1. The van der Waals surface area contributed by atoms with Crippen LogP contribution in [0.1, 0.15) is 43.4 Å². The zero-order valence-electron chi connectivity index (χ0n) is 13.9. The summed E-state index contributed by atoms with van der Waals surface area (Å²) in [4.78, 5) is 9.26. The molecule has 0 unspecified atom stereocenters. The van der Waals surface area contributed by atoms with Gasteiger partial charge in [-0.3, -0.25) is 4.99 Å². The Bertz CT molecular complexity index is 922. The molecule has 0 radical (unpaired) electrons. The molecule has 2 aromatic heterocycles. The topological polar surface area (TPSA) is 45.4 Å². The van der Waals surface area contributed by atoms with Crippen molar-refractivity contribution in [3.05, 3.63) is 51.9 Å². The summed E-state index contributed by atoms with van der Waals surface area (Å²) in [5, 5.41) is 8.04. The summed E-state index contributed by atoms with van der Waals surface area (Å²) in [6, 6.07) is 8.76. The summed E-state index contributed by atoms with van der Waals surface area (Å²) in [5.74, 6) is 0. The maximum atomic E-state index is 4.96. The number of para-hydroxylation sites is 1. The van der Waals surface area contributed by atoms with Crippen molar-refractivity contribution in [2.75, 3.05) is 0 Å². The van der Waals surface area contributed by atoms with E-state index in [9.17, 15) is 0 Å². The summed E-state index contributed by atoms with van der Waals surface area (Å²) in [7, 11) is 0. The van der Waals surface area contributed by atoms with E-state index in [0.717, 1.165) is 21.6 Å². The summed E-state index contributed by atoms with van der Waals surface area (Å²) in [6.45, 7) is 2.09. The van der Waals surface area contributed by atoms with Crippen molar-refractivity contribution in [1.29, 1.82) is 0 Å². The highest BCUT2D eigenvalue weighted by atomic mass is 32.1. The van der Waals surface area contributed by atoms with Crippen LogP contribution in [0, 0.1) is 6.92 Å². The van der Waals surface area contributed by atoms with Gasteiger partial charge in [-0.2, -0.15) is 5.10 Å². The van der Waals surface area contributed by atoms with E-state index in [1.54, 1.807) is 11.3 Å². The second-order valence-electron chi connectivity index (χ2n) is 6.43. The van der Waals surface area contributed by atoms with Gasteiger partial charge < -0.3 is 4.98 Å². The number of aromatic amines is 1. The van der Waals surface area contributed by atoms with Gasteiger partial charge in [0.15, 0.2) is 0 Å². The molecule has 1 aliphatic carbocycles. The van der Waals surface area contributed by atoms with Gasteiger partial charge in [-0.1, -0.05) is 37.5 Å². The fraction of sp³-hybridized carbons (Fsp3) is 0.368. The van der Waals surface area contributed by atoms with Crippen molar-refractivity contribution in [3.63, 3.8) is 0 Å². The molecule has 1 fully saturated rings. The average Bonchev–Trinajstić information content (AvgIpc) is 3.18. The lowest BCUT2D eigenvalue weighted by molar-refractivity contribution is 0.435. The number of rotatable bonds is 3. The maximum absolute atomic E-state index is 4.96. The Morgan fingerprint density at radius 1 is 1.21 bits per heavy atom. The minimum atomic E-state index is 0.464. The quantitative estimate of drug-likeness (QED) is 0.686. The molecule has 0 atom stereocenters. The third-order valence-corrected chi connectivity index (χ3v) is 5.60. The van der Waals surface area contributed by atoms with Crippen LogP contribution in [0.4, 0.5) is 0 Å². The van der Waals surface area contributed by atoms with Crippen LogP contribution in [0.15, 0.2) is 45.9 Å². The molecule has 0 saturated heterocycles. The summed E-state index contributed by atoms with van der Waals surface area (Å²) < 4.78 is 1.97. The molecule has 4 rings (SSSR count). The molecular formula is C19H22N4S. The molecule has 2 heterocycles. The Kier molecular flexibility index (Phi) is 4.34. The van der Waals surface area contributed by atoms with Gasteiger partial charge in [0.05, 0.1) is 18.0 Å². The van der Waals surface area contributed by atoms with Crippen molar-refractivity contribution in [1.82, 2.24) is 9.66 Å². The van der Waals surface area contributed by atoms with Gasteiger partial charge in [-0.15, -0.1) is 11.3 Å². The number of fused-ring (bicyclic) bond motifs is 1. The standard InChI is InChI=1S/C19H22N4S/c1-14-13-24-19(22-16-7-3-2-4-8-16)23(14)21-12-15-11-20-18-10-6-5-9-17(15)18/h5-6,9-13,16,20H,2-4,7-8H2,1H3. The number of hydrogen-bond acceptors (Lipinski definition) is 3. The van der Waals surface area contributed by atoms with E-state index in [4.69, 9.17) is 10.1 Å². The van der Waals surface area contributed by atoms with Crippen molar-refractivity contribution >= 4 is 28.5 Å². The Hall–Kier alpha value is -2.14. The second-order valence-corrected chi connectivity index (χ2v) is 7.26. The van der Waals surface area contributed by atoms with Crippen LogP contribution < -0.4 is 4.80 Å². The monoisotopic (exact) mass is 338 g/mol. The number of thiazole rings is 1. The largest absolute Gasteiger partial charge is 0.361 e. The molecule has 0 bridgehead atoms. The van der Waals surface area contributed by atoms with Gasteiger partial charge in [0, 0.05) is 28.0 Å². The predicted octanol–water partition coefficient (Wildman–Crippen LogP) is 4.45. The molecule has 0 amide bonds. The van der Waals surface area contributed by atoms with E-state index in [2.05, 4.69) is 35.5 Å². The minimum absolute atomic E-state index is 0.464. The van der Waals surface area contributed by atoms with Crippen molar-refractivity contribution in [2.24, 2.45) is 10.1 Å². The lowest BCUT2D eigenvalue weighted by atomic mass is 9.96. The molecule has 24 heavy (non-hydrogen) atoms. The predicted molar refractivity (Wildman–Crippen MR) is 101 cm³/mol. The van der Waals surface area contributed by atoms with E-state index >= 15 is 0 Å². The molecular weight excluding hydrogens is 316 g/mol. The van der Waals surface area contributed by atoms with Gasteiger partial charge in [0.2, 0.25) is 4.80 Å². The Morgan fingerprint density at radius 3 is 2.92 bits per heavy atom. The third kappa shape index (κ3) is 3.08. The van der Waals surface area contributed by atoms with E-state index in [1.165, 1.54) is 37.5 Å². The van der Waals surface area contributed by atoms with Gasteiger partial charge >= 0.3 is 0 Å². The molecule has 0 aliphatic heterocycles. The molecule has 1 N–H and O–H groups in total. The summed E-state index contributed by atoms with van der Waals surface area (Å²) in [5.41, 5.74) is 3.37. The molecule has 1 aliphatic rings. The third-order valence-electron chi connectivity index (χ3n) is 4.65. The fourth-order valence-electron chi connectivity index (χ4n) is 3.30. The second kappa shape index (κ2) is 6.77. The van der Waals surface area contributed by atoms with Gasteiger partial charge in [-0.25, -0.2) is 4.68 Å². The first-order valence-electron chi connectivity index (χ1n) is 8.63. The minimum Gasteiger partial charge on any atom is -0.361 e. The number of aromatic nitrogens is 2. The summed E-state index contributed by atoms with van der Waals surface area (Å²) in [6.07, 6.45) is 10.3. The van der Waals surface area contributed by atoms with Crippen LogP contribution in [0.25, 0.3) is 10.9 Å². The molecule has 0 spiro atoms. The van der Waals surface area contributed by atoms with Crippen LogP contribution in [-0.4, -0.2) is 21.9 Å². The van der Waals surface area contributed by atoms with Crippen molar-refractivity contribution in [2.45, 2.75) is 45.1 Å². The van der Waals surface area contributed by atoms with E-state index in [0.29, 0.717) is 6.04 Å². The Labute approximate surface area is 145 Å². The maximum Gasteiger partial charge on any atom is 0.206 e. The molecule has 5 heteroatoms. The van der Waals surface area contributed by atoms with Gasteiger partial charge in [-0.05, 0) is 25.8 Å². The Balaban J connectivity index is 1.67. The SMILES string of the molecule is Cc1csc(=NC2CCCCC2)n1N=Cc1c[nH]c2ccccc12. The van der Waals surface area contributed by atoms with Crippen molar-refractivity contribution in [3.8, 4) is 0 Å². The smallest absolute Gasteiger partial charge is 0.206 e. The molecule has 3 aromatic rings. The molecule has 1 aromatic carbocycles. The molecule has 4 nitrogen and oxygen atoms in total. The normalized spacial score (nSPS) is 17.3. The van der Waals surface area contributed by atoms with E-state index in [-0.39, 0.29) is 0 Å². The Morgan fingerprint density at radius 2 is 2.04 bits per heavy atom. The number of benzene rings is 1. The first-order valence-corrected chi connectivity index (χ1v) is 9.51. The molecule has 124 valence electrons. The van der Waals surface area contributed by atoms with Gasteiger partial charge in [0.1, 0.15) is 0 Å². The van der Waals surface area contributed by atoms with Crippen molar-refractivity contribution < 1.29 is 0 Å². The van der Waals surface area contributed by atoms with Crippen LogP contribution >= 0.6 is 11.3 Å². The lowest BCUT2D eigenvalue weighted by Crippen LogP contribution is -2.19. The number of nitrogens with one attached hydrogen (secondary N) is 1. The van der Waals surface area contributed by atoms with Gasteiger partial charge in [0.25, 0.3) is 0 Å². The first-order chi connectivity index (χ1) is 11.8. The van der Waals surface area contributed by atoms with Crippen LogP contribution in [-0.2, 0) is 0 Å². The number of hydrogen-bond donors (Lipinski definition) is 1. The highest BCUT2D eigenvalue weighted by molar-refractivity contribution is 7.07. The summed E-state index contributed by atoms with van der Waals surface area (Å²) >= 11 is 1.69. The molecule has 1 saturated carbocycles. The highest BCUT2D eigenvalue weighted by Crippen LogP contribution is 2.20. The van der Waals surface area contributed by atoms with Crippen LogP contribution in [0.3, 0.4) is 0 Å². The highest BCUT2D eigenvalue weighted by Gasteiger charge is 2.12. The zero-order chi connectivity index (χ0) is 16.4. The number of nitrogens with zero attached hydrogens (tertiary/aromatic N) is 3. The number of H-pyrrole nitrogens is 1. The van der Waals surface area contributed by atoms with Crippen LogP contribution in [0.5, 0.6) is 0 Å².